The fourth-order valence-corrected chi connectivity index (χ4v) is 6.91. The molecule has 29 heavy (non-hydrogen) atoms. The summed E-state index contributed by atoms with van der Waals surface area (Å²) in [5, 5.41) is 1.23. The molecule has 2 aliphatic rings. The van der Waals surface area contributed by atoms with Crippen molar-refractivity contribution < 1.29 is 4.74 Å². The summed E-state index contributed by atoms with van der Waals surface area (Å²) in [6.45, 7) is 10.4. The molecule has 0 saturated heterocycles. The molecular formula is C24H37N3OS. The molecule has 0 aromatic carbocycles. The van der Waals surface area contributed by atoms with E-state index < -0.39 is 0 Å². The lowest BCUT2D eigenvalue weighted by molar-refractivity contribution is 0.0287. The minimum absolute atomic E-state index is 0.276. The van der Waals surface area contributed by atoms with Gasteiger partial charge in [-0.3, -0.25) is 0 Å². The second-order valence-corrected chi connectivity index (χ2v) is 10.7. The summed E-state index contributed by atoms with van der Waals surface area (Å²) in [5.41, 5.74) is 1.86. The van der Waals surface area contributed by atoms with Crippen LogP contribution in [0, 0.1) is 5.92 Å². The second kappa shape index (κ2) is 8.50. The molecule has 2 aromatic rings. The third kappa shape index (κ3) is 3.93. The molecule has 2 heterocycles. The first-order chi connectivity index (χ1) is 14.0. The molecule has 2 aromatic heterocycles. The van der Waals surface area contributed by atoms with Gasteiger partial charge in [-0.15, -0.1) is 11.3 Å². The zero-order valence-corrected chi connectivity index (χ0v) is 19.6. The molecular weight excluding hydrogens is 378 g/mol. The van der Waals surface area contributed by atoms with Crippen LogP contribution in [0.25, 0.3) is 10.2 Å². The third-order valence-corrected chi connectivity index (χ3v) is 8.71. The Morgan fingerprint density at radius 1 is 1.21 bits per heavy atom. The number of hydrogen-bond acceptors (Lipinski definition) is 5. The smallest absolute Gasteiger partial charge is 0.225 e. The SMILES string of the molecule is CCN(C)C1(CC)CCC(Oc2ncnc3sc4c(c23)[C@@H](CC(C)C)CC4)CC1. The maximum absolute atomic E-state index is 6.59. The Labute approximate surface area is 180 Å². The number of fused-ring (bicyclic) bond motifs is 3. The van der Waals surface area contributed by atoms with Crippen LogP contribution in [0.15, 0.2) is 6.33 Å². The topological polar surface area (TPSA) is 38.2 Å². The van der Waals surface area contributed by atoms with Crippen LogP contribution in [0.5, 0.6) is 5.88 Å². The minimum Gasteiger partial charge on any atom is -0.474 e. The molecule has 0 N–H and O–H groups in total. The van der Waals surface area contributed by atoms with Gasteiger partial charge in [-0.25, -0.2) is 9.97 Å². The van der Waals surface area contributed by atoms with E-state index in [2.05, 4.69) is 49.6 Å². The molecule has 0 bridgehead atoms. The summed E-state index contributed by atoms with van der Waals surface area (Å²) in [5.74, 6) is 2.20. The molecule has 1 saturated carbocycles. The van der Waals surface area contributed by atoms with Crippen LogP contribution < -0.4 is 4.74 Å². The van der Waals surface area contributed by atoms with Gasteiger partial charge < -0.3 is 9.64 Å². The summed E-state index contributed by atoms with van der Waals surface area (Å²) >= 11 is 1.87. The number of nitrogens with zero attached hydrogens (tertiary/aromatic N) is 3. The van der Waals surface area contributed by atoms with Gasteiger partial charge in [0.15, 0.2) is 0 Å². The lowest BCUT2D eigenvalue weighted by atomic mass is 9.77. The largest absolute Gasteiger partial charge is 0.474 e. The number of aryl methyl sites for hydroxylation is 1. The minimum atomic E-state index is 0.276. The molecule has 0 aliphatic heterocycles. The van der Waals surface area contributed by atoms with Crippen molar-refractivity contribution in [2.75, 3.05) is 13.6 Å². The van der Waals surface area contributed by atoms with Crippen molar-refractivity contribution >= 4 is 21.6 Å². The van der Waals surface area contributed by atoms with Crippen LogP contribution in [-0.2, 0) is 6.42 Å². The van der Waals surface area contributed by atoms with Gasteiger partial charge in [0, 0.05) is 10.4 Å². The Hall–Kier alpha value is -1.20. The molecule has 0 amide bonds. The van der Waals surface area contributed by atoms with E-state index in [-0.39, 0.29) is 6.10 Å². The number of ether oxygens (including phenoxy) is 1. The second-order valence-electron chi connectivity index (χ2n) is 9.57. The summed E-state index contributed by atoms with van der Waals surface area (Å²) in [6, 6.07) is 0. The van der Waals surface area contributed by atoms with Crippen molar-refractivity contribution in [1.82, 2.24) is 14.9 Å². The van der Waals surface area contributed by atoms with E-state index in [1.807, 2.05) is 11.3 Å². The van der Waals surface area contributed by atoms with Gasteiger partial charge in [-0.2, -0.15) is 0 Å². The third-order valence-electron chi connectivity index (χ3n) is 7.54. The fourth-order valence-electron chi connectivity index (χ4n) is 5.68. The van der Waals surface area contributed by atoms with Crippen LogP contribution >= 0.6 is 11.3 Å². The number of rotatable bonds is 7. The zero-order chi connectivity index (χ0) is 20.6. The predicted octanol–water partition coefficient (Wildman–Crippen LogP) is 6.19. The van der Waals surface area contributed by atoms with E-state index in [1.165, 1.54) is 54.4 Å². The van der Waals surface area contributed by atoms with Crippen LogP contribution in [0.1, 0.15) is 89.0 Å². The van der Waals surface area contributed by atoms with Gasteiger partial charge in [0.2, 0.25) is 5.88 Å². The van der Waals surface area contributed by atoms with Crippen LogP contribution in [-0.4, -0.2) is 40.1 Å². The summed E-state index contributed by atoms with van der Waals surface area (Å²) in [4.78, 5) is 14.4. The first-order valence-electron chi connectivity index (χ1n) is 11.6. The van der Waals surface area contributed by atoms with Crippen LogP contribution in [0.2, 0.25) is 0 Å². The molecule has 4 nitrogen and oxygen atoms in total. The Morgan fingerprint density at radius 3 is 2.62 bits per heavy atom. The van der Waals surface area contributed by atoms with Crippen molar-refractivity contribution in [1.29, 1.82) is 0 Å². The van der Waals surface area contributed by atoms with E-state index in [0.717, 1.165) is 30.1 Å². The number of hydrogen-bond donors (Lipinski definition) is 0. The fraction of sp³-hybridized carbons (Fsp3) is 0.750. The van der Waals surface area contributed by atoms with E-state index in [9.17, 15) is 0 Å². The Bertz CT molecular complexity index is 838. The molecule has 0 unspecified atom stereocenters. The maximum Gasteiger partial charge on any atom is 0.225 e. The maximum atomic E-state index is 6.59. The summed E-state index contributed by atoms with van der Waals surface area (Å²) in [7, 11) is 2.28. The molecule has 4 rings (SSSR count). The van der Waals surface area contributed by atoms with Crippen molar-refractivity contribution in [3.05, 3.63) is 16.8 Å². The average molecular weight is 416 g/mol. The van der Waals surface area contributed by atoms with E-state index >= 15 is 0 Å². The molecule has 5 heteroatoms. The monoisotopic (exact) mass is 415 g/mol. The highest BCUT2D eigenvalue weighted by molar-refractivity contribution is 7.19. The highest BCUT2D eigenvalue weighted by atomic mass is 32.1. The normalized spacial score (nSPS) is 27.1. The lowest BCUT2D eigenvalue weighted by Gasteiger charge is -2.45. The molecule has 1 atom stereocenters. The molecule has 1 fully saturated rings. The van der Waals surface area contributed by atoms with E-state index in [1.54, 1.807) is 6.33 Å². The molecule has 2 aliphatic carbocycles. The lowest BCUT2D eigenvalue weighted by Crippen LogP contribution is -2.49. The Morgan fingerprint density at radius 2 is 1.97 bits per heavy atom. The first kappa shape index (κ1) is 21.0. The van der Waals surface area contributed by atoms with Gasteiger partial charge in [-0.1, -0.05) is 27.7 Å². The van der Waals surface area contributed by atoms with Crippen molar-refractivity contribution in [2.45, 2.75) is 96.6 Å². The quantitative estimate of drug-likeness (QED) is 0.540. The van der Waals surface area contributed by atoms with Gasteiger partial charge >= 0.3 is 0 Å². The van der Waals surface area contributed by atoms with Gasteiger partial charge in [0.05, 0.1) is 5.39 Å². The van der Waals surface area contributed by atoms with Gasteiger partial charge in [-0.05, 0) is 82.4 Å². The highest BCUT2D eigenvalue weighted by Gasteiger charge is 2.38. The van der Waals surface area contributed by atoms with Gasteiger partial charge in [0.1, 0.15) is 17.3 Å². The van der Waals surface area contributed by atoms with Crippen LogP contribution in [0.3, 0.4) is 0 Å². The summed E-state index contributed by atoms with van der Waals surface area (Å²) < 4.78 is 6.59. The predicted molar refractivity (Wildman–Crippen MR) is 122 cm³/mol. The van der Waals surface area contributed by atoms with E-state index in [0.29, 0.717) is 17.4 Å². The number of aromatic nitrogens is 2. The zero-order valence-electron chi connectivity index (χ0n) is 18.8. The van der Waals surface area contributed by atoms with Crippen molar-refractivity contribution in [2.24, 2.45) is 5.92 Å². The summed E-state index contributed by atoms with van der Waals surface area (Å²) in [6.07, 6.45) is 11.6. The Balaban J connectivity index is 1.55. The molecule has 0 spiro atoms. The highest BCUT2D eigenvalue weighted by Crippen LogP contribution is 2.48. The molecule has 0 radical (unpaired) electrons. The van der Waals surface area contributed by atoms with Crippen molar-refractivity contribution in [3.8, 4) is 5.88 Å². The van der Waals surface area contributed by atoms with Crippen molar-refractivity contribution in [3.63, 3.8) is 0 Å². The Kier molecular flexibility index (Phi) is 6.17. The van der Waals surface area contributed by atoms with Crippen LogP contribution in [0.4, 0.5) is 0 Å². The number of thiophene rings is 1. The van der Waals surface area contributed by atoms with Gasteiger partial charge in [0.25, 0.3) is 0 Å². The van der Waals surface area contributed by atoms with E-state index in [4.69, 9.17) is 4.74 Å². The standard InChI is InChI=1S/C24H37N3OS/c1-6-24(27(5)7-2)12-10-18(11-13-24)28-22-21-20-17(14-16(3)4)8-9-19(20)29-23(21)26-15-25-22/h15-18H,6-14H2,1-5H3/t17-,18?,24?/m1/s1. The average Bonchev–Trinajstić information content (AvgIpc) is 3.28. The first-order valence-corrected chi connectivity index (χ1v) is 12.4. The molecule has 160 valence electrons.